The van der Waals surface area contributed by atoms with E-state index in [0.29, 0.717) is 12.0 Å². The predicted molar refractivity (Wildman–Crippen MR) is 83.1 cm³/mol. The first-order valence-electron chi connectivity index (χ1n) is 8.00. The maximum Gasteiger partial charge on any atom is 0.159 e. The Morgan fingerprint density at radius 2 is 1.76 bits per heavy atom. The Labute approximate surface area is 127 Å². The van der Waals surface area contributed by atoms with Gasteiger partial charge >= 0.3 is 0 Å². The molecule has 1 aromatic rings. The Kier molecular flexibility index (Phi) is 5.03. The number of nitrogens with one attached hydrogen (secondary N) is 1. The molecule has 0 heterocycles. The maximum atomic E-state index is 13.4. The molecular formula is C18H27F2N. The zero-order chi connectivity index (χ0) is 15.6. The molecule has 1 aliphatic carbocycles. The summed E-state index contributed by atoms with van der Waals surface area (Å²) in [6.07, 6.45) is 4.94. The Balaban J connectivity index is 2.09. The Hall–Kier alpha value is -0.960. The summed E-state index contributed by atoms with van der Waals surface area (Å²) in [6, 6.07) is 4.67. The zero-order valence-corrected chi connectivity index (χ0v) is 13.5. The van der Waals surface area contributed by atoms with Crippen molar-refractivity contribution in [1.82, 2.24) is 5.32 Å². The van der Waals surface area contributed by atoms with Crippen LogP contribution < -0.4 is 5.32 Å². The van der Waals surface area contributed by atoms with Crippen LogP contribution in [-0.4, -0.2) is 6.04 Å². The minimum absolute atomic E-state index is 0.0352. The second-order valence-electron chi connectivity index (χ2n) is 7.43. The Morgan fingerprint density at radius 3 is 2.38 bits per heavy atom. The van der Waals surface area contributed by atoms with Crippen LogP contribution in [0.3, 0.4) is 0 Å². The van der Waals surface area contributed by atoms with Crippen LogP contribution in [0.4, 0.5) is 8.78 Å². The quantitative estimate of drug-likeness (QED) is 0.806. The van der Waals surface area contributed by atoms with E-state index in [1.165, 1.54) is 31.4 Å². The summed E-state index contributed by atoms with van der Waals surface area (Å²) in [5, 5.41) is 3.65. The van der Waals surface area contributed by atoms with Crippen LogP contribution in [-0.2, 0) is 0 Å². The van der Waals surface area contributed by atoms with Crippen molar-refractivity contribution in [2.45, 2.75) is 65.5 Å². The summed E-state index contributed by atoms with van der Waals surface area (Å²) in [5.74, 6) is -0.924. The molecule has 3 heteroatoms. The van der Waals surface area contributed by atoms with Gasteiger partial charge in [-0.25, -0.2) is 8.78 Å². The predicted octanol–water partition coefficient (Wildman–Crippen LogP) is 5.22. The van der Waals surface area contributed by atoms with Crippen molar-refractivity contribution < 1.29 is 8.78 Å². The summed E-state index contributed by atoms with van der Waals surface area (Å²) in [5.41, 5.74) is 1.08. The minimum atomic E-state index is -0.781. The van der Waals surface area contributed by atoms with Gasteiger partial charge in [-0.15, -0.1) is 0 Å². The molecule has 3 unspecified atom stereocenters. The maximum absolute atomic E-state index is 13.4. The molecule has 21 heavy (non-hydrogen) atoms. The number of hydrogen-bond acceptors (Lipinski definition) is 1. The lowest BCUT2D eigenvalue weighted by Crippen LogP contribution is -2.45. The van der Waals surface area contributed by atoms with E-state index in [2.05, 4.69) is 26.1 Å². The van der Waals surface area contributed by atoms with E-state index in [1.54, 1.807) is 6.07 Å². The first-order valence-corrected chi connectivity index (χ1v) is 8.00. The van der Waals surface area contributed by atoms with Gasteiger partial charge in [0, 0.05) is 12.1 Å². The van der Waals surface area contributed by atoms with Crippen LogP contribution in [0.25, 0.3) is 0 Å². The number of halogens is 2. The van der Waals surface area contributed by atoms with Gasteiger partial charge in [-0.3, -0.25) is 0 Å². The van der Waals surface area contributed by atoms with Gasteiger partial charge in [-0.05, 0) is 48.8 Å². The average molecular weight is 295 g/mol. The Bertz CT molecular complexity index is 479. The van der Waals surface area contributed by atoms with Crippen molar-refractivity contribution in [1.29, 1.82) is 0 Å². The lowest BCUT2D eigenvalue weighted by molar-refractivity contribution is 0.124. The van der Waals surface area contributed by atoms with Gasteiger partial charge < -0.3 is 5.32 Å². The van der Waals surface area contributed by atoms with E-state index < -0.39 is 11.6 Å². The van der Waals surface area contributed by atoms with E-state index in [4.69, 9.17) is 0 Å². The molecule has 118 valence electrons. The summed E-state index contributed by atoms with van der Waals surface area (Å²) in [4.78, 5) is 0. The van der Waals surface area contributed by atoms with Crippen LogP contribution in [0.1, 0.15) is 65.0 Å². The first-order chi connectivity index (χ1) is 9.79. The van der Waals surface area contributed by atoms with Crippen molar-refractivity contribution >= 4 is 0 Å². The standard InChI is InChI=1S/C18H27F2N/c1-12(13-9-10-15(19)16(20)11-13)21-17-8-6-5-7-14(17)18(2,3)4/h9-12,14,17,21H,5-8H2,1-4H3. The monoisotopic (exact) mass is 295 g/mol. The van der Waals surface area contributed by atoms with Crippen LogP contribution in [0, 0.1) is 23.0 Å². The highest BCUT2D eigenvalue weighted by Crippen LogP contribution is 2.38. The van der Waals surface area contributed by atoms with Crippen molar-refractivity contribution in [3.8, 4) is 0 Å². The van der Waals surface area contributed by atoms with E-state index >= 15 is 0 Å². The molecule has 0 spiro atoms. The highest BCUT2D eigenvalue weighted by molar-refractivity contribution is 5.21. The van der Waals surface area contributed by atoms with Gasteiger partial charge in [0.2, 0.25) is 0 Å². The fourth-order valence-corrected chi connectivity index (χ4v) is 3.57. The topological polar surface area (TPSA) is 12.0 Å². The second kappa shape index (κ2) is 6.43. The molecule has 0 radical (unpaired) electrons. The van der Waals surface area contributed by atoms with Crippen molar-refractivity contribution in [2.24, 2.45) is 11.3 Å². The SMILES string of the molecule is CC(NC1CCCCC1C(C)(C)C)c1ccc(F)c(F)c1. The molecule has 1 aliphatic rings. The highest BCUT2D eigenvalue weighted by atomic mass is 19.2. The first kappa shape index (κ1) is 16.4. The van der Waals surface area contributed by atoms with Crippen LogP contribution >= 0.6 is 0 Å². The van der Waals surface area contributed by atoms with Gasteiger partial charge in [0.05, 0.1) is 0 Å². The van der Waals surface area contributed by atoms with E-state index in [1.807, 2.05) is 6.92 Å². The molecule has 2 rings (SSSR count). The molecular weight excluding hydrogens is 268 g/mol. The number of benzene rings is 1. The third-order valence-electron chi connectivity index (χ3n) is 4.79. The highest BCUT2D eigenvalue weighted by Gasteiger charge is 2.34. The van der Waals surface area contributed by atoms with Crippen molar-refractivity contribution in [3.05, 3.63) is 35.4 Å². The molecule has 0 aromatic heterocycles. The molecule has 3 atom stereocenters. The molecule has 0 bridgehead atoms. The molecule has 0 aliphatic heterocycles. The molecule has 1 N–H and O–H groups in total. The van der Waals surface area contributed by atoms with E-state index in [0.717, 1.165) is 12.0 Å². The summed E-state index contributed by atoms with van der Waals surface area (Å²) < 4.78 is 26.4. The third-order valence-corrected chi connectivity index (χ3v) is 4.79. The normalized spacial score (nSPS) is 24.9. The average Bonchev–Trinajstić information content (AvgIpc) is 2.41. The summed E-state index contributed by atoms with van der Waals surface area (Å²) in [6.45, 7) is 8.90. The van der Waals surface area contributed by atoms with E-state index in [9.17, 15) is 8.78 Å². The van der Waals surface area contributed by atoms with Crippen LogP contribution in [0.5, 0.6) is 0 Å². The van der Waals surface area contributed by atoms with Gasteiger partial charge in [-0.2, -0.15) is 0 Å². The van der Waals surface area contributed by atoms with E-state index in [-0.39, 0.29) is 11.5 Å². The van der Waals surface area contributed by atoms with Gasteiger partial charge in [-0.1, -0.05) is 39.7 Å². The number of rotatable bonds is 3. The lowest BCUT2D eigenvalue weighted by atomic mass is 9.69. The third kappa shape index (κ3) is 4.03. The minimum Gasteiger partial charge on any atom is -0.307 e. The second-order valence-corrected chi connectivity index (χ2v) is 7.43. The van der Waals surface area contributed by atoms with Gasteiger partial charge in [0.15, 0.2) is 11.6 Å². The molecule has 0 amide bonds. The van der Waals surface area contributed by atoms with Crippen molar-refractivity contribution in [3.63, 3.8) is 0 Å². The Morgan fingerprint density at radius 1 is 1.10 bits per heavy atom. The van der Waals surface area contributed by atoms with Gasteiger partial charge in [0.25, 0.3) is 0 Å². The number of hydrogen-bond donors (Lipinski definition) is 1. The van der Waals surface area contributed by atoms with Gasteiger partial charge in [0.1, 0.15) is 0 Å². The molecule has 0 saturated heterocycles. The van der Waals surface area contributed by atoms with Crippen molar-refractivity contribution in [2.75, 3.05) is 0 Å². The molecule has 1 aromatic carbocycles. The summed E-state index contributed by atoms with van der Waals surface area (Å²) in [7, 11) is 0. The largest absolute Gasteiger partial charge is 0.307 e. The fraction of sp³-hybridized carbons (Fsp3) is 0.667. The smallest absolute Gasteiger partial charge is 0.159 e. The molecule has 1 fully saturated rings. The molecule has 1 saturated carbocycles. The summed E-state index contributed by atoms with van der Waals surface area (Å²) >= 11 is 0. The fourth-order valence-electron chi connectivity index (χ4n) is 3.57. The van der Waals surface area contributed by atoms with Crippen LogP contribution in [0.15, 0.2) is 18.2 Å². The zero-order valence-electron chi connectivity index (χ0n) is 13.5. The molecule has 1 nitrogen and oxygen atoms in total. The van der Waals surface area contributed by atoms with Crippen LogP contribution in [0.2, 0.25) is 0 Å². The lowest BCUT2D eigenvalue weighted by Gasteiger charge is -2.42.